The molecular formula is C19H23N3O4. The van der Waals surface area contributed by atoms with Crippen LogP contribution in [-0.4, -0.2) is 45.9 Å². The van der Waals surface area contributed by atoms with Crippen molar-refractivity contribution < 1.29 is 18.8 Å². The van der Waals surface area contributed by atoms with Crippen LogP contribution in [0.1, 0.15) is 54.7 Å². The van der Waals surface area contributed by atoms with Crippen molar-refractivity contribution in [1.29, 1.82) is 0 Å². The van der Waals surface area contributed by atoms with E-state index in [0.29, 0.717) is 36.1 Å². The first-order chi connectivity index (χ1) is 12.4. The van der Waals surface area contributed by atoms with Crippen LogP contribution in [0.4, 0.5) is 0 Å². The zero-order chi connectivity index (χ0) is 18.7. The number of hydrogen-bond acceptors (Lipinski definition) is 6. The Morgan fingerprint density at radius 3 is 2.65 bits per heavy atom. The van der Waals surface area contributed by atoms with Gasteiger partial charge in [0.1, 0.15) is 5.75 Å². The molecule has 3 rings (SSSR count). The van der Waals surface area contributed by atoms with E-state index in [1.54, 1.807) is 43.0 Å². The summed E-state index contributed by atoms with van der Waals surface area (Å²) in [5.41, 5.74) is 0.567. The van der Waals surface area contributed by atoms with Crippen molar-refractivity contribution in [2.45, 2.75) is 45.6 Å². The fourth-order valence-corrected chi connectivity index (χ4v) is 3.13. The monoisotopic (exact) mass is 357 g/mol. The maximum absolute atomic E-state index is 12.7. The molecule has 0 bridgehead atoms. The molecule has 26 heavy (non-hydrogen) atoms. The van der Waals surface area contributed by atoms with Crippen LogP contribution in [0.5, 0.6) is 5.75 Å². The van der Waals surface area contributed by atoms with Gasteiger partial charge in [0.2, 0.25) is 5.89 Å². The van der Waals surface area contributed by atoms with Gasteiger partial charge < -0.3 is 14.2 Å². The van der Waals surface area contributed by atoms with Gasteiger partial charge in [0, 0.05) is 24.6 Å². The Morgan fingerprint density at radius 2 is 2.04 bits per heavy atom. The standard InChI is InChI=1S/C19H23N3O4/c1-12(23)16-5-4-6-17(11-16)25-13(2)19(24)22-9-7-15(8-10-22)18-20-14(3)21-26-18/h4-6,11,13,15H,7-10H2,1-3H3. The summed E-state index contributed by atoms with van der Waals surface area (Å²) in [5, 5.41) is 3.83. The van der Waals surface area contributed by atoms with Crippen LogP contribution in [0.3, 0.4) is 0 Å². The highest BCUT2D eigenvalue weighted by molar-refractivity contribution is 5.94. The molecule has 0 aliphatic carbocycles. The molecule has 1 fully saturated rings. The minimum absolute atomic E-state index is 0.0345. The van der Waals surface area contributed by atoms with Crippen molar-refractivity contribution in [1.82, 2.24) is 15.0 Å². The number of benzene rings is 1. The molecule has 2 aromatic rings. The van der Waals surface area contributed by atoms with Crippen molar-refractivity contribution in [3.63, 3.8) is 0 Å². The number of nitrogens with zero attached hydrogens (tertiary/aromatic N) is 3. The number of ketones is 1. The molecule has 0 spiro atoms. The van der Waals surface area contributed by atoms with Gasteiger partial charge in [-0.2, -0.15) is 4.98 Å². The number of aromatic nitrogens is 2. The van der Waals surface area contributed by atoms with E-state index in [-0.39, 0.29) is 17.6 Å². The summed E-state index contributed by atoms with van der Waals surface area (Å²) >= 11 is 0. The summed E-state index contributed by atoms with van der Waals surface area (Å²) in [4.78, 5) is 30.2. The fourth-order valence-electron chi connectivity index (χ4n) is 3.13. The second-order valence-electron chi connectivity index (χ2n) is 6.62. The molecule has 1 aliphatic rings. The normalized spacial score (nSPS) is 16.3. The van der Waals surface area contributed by atoms with E-state index in [1.807, 2.05) is 0 Å². The molecule has 1 aliphatic heterocycles. The molecule has 0 saturated carbocycles. The number of carbonyl (C=O) groups excluding carboxylic acids is 2. The largest absolute Gasteiger partial charge is 0.481 e. The Balaban J connectivity index is 1.56. The first-order valence-electron chi connectivity index (χ1n) is 8.80. The highest BCUT2D eigenvalue weighted by atomic mass is 16.5. The predicted molar refractivity (Wildman–Crippen MR) is 94.1 cm³/mol. The molecule has 0 N–H and O–H groups in total. The van der Waals surface area contributed by atoms with Gasteiger partial charge in [-0.15, -0.1) is 0 Å². The quantitative estimate of drug-likeness (QED) is 0.765. The Morgan fingerprint density at radius 1 is 1.31 bits per heavy atom. The van der Waals surface area contributed by atoms with Crippen LogP contribution in [0.25, 0.3) is 0 Å². The van der Waals surface area contributed by atoms with Gasteiger partial charge in [-0.3, -0.25) is 9.59 Å². The van der Waals surface area contributed by atoms with Crippen molar-refractivity contribution in [2.24, 2.45) is 0 Å². The summed E-state index contributed by atoms with van der Waals surface area (Å²) in [7, 11) is 0. The Bertz CT molecular complexity index is 794. The van der Waals surface area contributed by atoms with Crippen molar-refractivity contribution in [2.75, 3.05) is 13.1 Å². The number of rotatable bonds is 5. The van der Waals surface area contributed by atoms with Gasteiger partial charge in [-0.25, -0.2) is 0 Å². The number of amides is 1. The fraction of sp³-hybridized carbons (Fsp3) is 0.474. The number of likely N-dealkylation sites (tertiary alicyclic amines) is 1. The summed E-state index contributed by atoms with van der Waals surface area (Å²) in [5.74, 6) is 1.91. The van der Waals surface area contributed by atoms with E-state index in [4.69, 9.17) is 9.26 Å². The molecular weight excluding hydrogens is 334 g/mol. The zero-order valence-electron chi connectivity index (χ0n) is 15.3. The molecule has 2 heterocycles. The van der Waals surface area contributed by atoms with Gasteiger partial charge in [0.05, 0.1) is 0 Å². The number of Topliss-reactive ketones (excluding diaryl/α,β-unsaturated/α-hetero) is 1. The van der Waals surface area contributed by atoms with Gasteiger partial charge in [0.15, 0.2) is 17.7 Å². The maximum atomic E-state index is 12.7. The first kappa shape index (κ1) is 18.1. The van der Waals surface area contributed by atoms with Gasteiger partial charge in [-0.1, -0.05) is 17.3 Å². The van der Waals surface area contributed by atoms with E-state index in [0.717, 1.165) is 12.8 Å². The van der Waals surface area contributed by atoms with Gasteiger partial charge in [-0.05, 0) is 45.7 Å². The highest BCUT2D eigenvalue weighted by Crippen LogP contribution is 2.27. The minimum Gasteiger partial charge on any atom is -0.481 e. The lowest BCUT2D eigenvalue weighted by molar-refractivity contribution is -0.139. The number of piperidine rings is 1. The Kier molecular flexibility index (Phi) is 5.35. The molecule has 138 valence electrons. The number of aryl methyl sites for hydroxylation is 1. The Labute approximate surface area is 152 Å². The lowest BCUT2D eigenvalue weighted by Crippen LogP contribution is -2.44. The maximum Gasteiger partial charge on any atom is 0.263 e. The lowest BCUT2D eigenvalue weighted by atomic mass is 9.96. The van der Waals surface area contributed by atoms with Crippen LogP contribution >= 0.6 is 0 Å². The van der Waals surface area contributed by atoms with Crippen molar-refractivity contribution in [3.05, 3.63) is 41.5 Å². The van der Waals surface area contributed by atoms with E-state index in [9.17, 15) is 9.59 Å². The third-order valence-corrected chi connectivity index (χ3v) is 4.60. The topological polar surface area (TPSA) is 85.5 Å². The van der Waals surface area contributed by atoms with Crippen LogP contribution < -0.4 is 4.74 Å². The molecule has 1 aromatic carbocycles. The minimum atomic E-state index is -0.612. The molecule has 1 aromatic heterocycles. The zero-order valence-corrected chi connectivity index (χ0v) is 15.3. The van der Waals surface area contributed by atoms with E-state index in [1.165, 1.54) is 6.92 Å². The van der Waals surface area contributed by atoms with E-state index >= 15 is 0 Å². The third-order valence-electron chi connectivity index (χ3n) is 4.60. The number of ether oxygens (including phenoxy) is 1. The van der Waals surface area contributed by atoms with Crippen LogP contribution in [0.15, 0.2) is 28.8 Å². The van der Waals surface area contributed by atoms with Crippen LogP contribution in [0.2, 0.25) is 0 Å². The second-order valence-corrected chi connectivity index (χ2v) is 6.62. The average Bonchev–Trinajstić information content (AvgIpc) is 3.08. The molecule has 0 radical (unpaired) electrons. The van der Waals surface area contributed by atoms with Gasteiger partial charge >= 0.3 is 0 Å². The molecule has 1 saturated heterocycles. The third kappa shape index (κ3) is 4.09. The van der Waals surface area contributed by atoms with E-state index < -0.39 is 6.10 Å². The van der Waals surface area contributed by atoms with Crippen molar-refractivity contribution >= 4 is 11.7 Å². The Hall–Kier alpha value is -2.70. The summed E-state index contributed by atoms with van der Waals surface area (Å²) < 4.78 is 11.0. The smallest absolute Gasteiger partial charge is 0.263 e. The lowest BCUT2D eigenvalue weighted by Gasteiger charge is -2.32. The molecule has 1 amide bonds. The predicted octanol–water partition coefficient (Wildman–Crippen LogP) is 2.75. The summed E-state index contributed by atoms with van der Waals surface area (Å²) in [6.07, 6.45) is 0.972. The van der Waals surface area contributed by atoms with Gasteiger partial charge in [0.25, 0.3) is 5.91 Å². The summed E-state index contributed by atoms with van der Waals surface area (Å²) in [6, 6.07) is 6.89. The number of carbonyl (C=O) groups is 2. The van der Waals surface area contributed by atoms with Crippen LogP contribution in [0, 0.1) is 6.92 Å². The number of hydrogen-bond donors (Lipinski definition) is 0. The molecule has 1 unspecified atom stereocenters. The average molecular weight is 357 g/mol. The highest BCUT2D eigenvalue weighted by Gasteiger charge is 2.30. The first-order valence-corrected chi connectivity index (χ1v) is 8.80. The van der Waals surface area contributed by atoms with Crippen molar-refractivity contribution in [3.8, 4) is 5.75 Å². The van der Waals surface area contributed by atoms with E-state index in [2.05, 4.69) is 10.1 Å². The molecule has 7 nitrogen and oxygen atoms in total. The molecule has 7 heteroatoms. The molecule has 1 atom stereocenters. The second kappa shape index (κ2) is 7.68. The van der Waals surface area contributed by atoms with Crippen LogP contribution in [-0.2, 0) is 4.79 Å². The summed E-state index contributed by atoms with van der Waals surface area (Å²) in [6.45, 7) is 6.29. The SMILES string of the molecule is CC(=O)c1cccc(OC(C)C(=O)N2CCC(c3nc(C)no3)CC2)c1.